The molecular weight excluding hydrogens is 298 g/mol. The highest BCUT2D eigenvalue weighted by Crippen LogP contribution is 2.14. The van der Waals surface area contributed by atoms with Gasteiger partial charge in [0.1, 0.15) is 9.84 Å². The van der Waals surface area contributed by atoms with Gasteiger partial charge in [0.25, 0.3) is 0 Å². The molecule has 5 nitrogen and oxygen atoms in total. The molecule has 0 radical (unpaired) electrons. The number of alkyl halides is 1. The van der Waals surface area contributed by atoms with Gasteiger partial charge in [0.15, 0.2) is 0 Å². The minimum absolute atomic E-state index is 0.277. The fourth-order valence-electron chi connectivity index (χ4n) is 1.21. The van der Waals surface area contributed by atoms with Crippen LogP contribution in [-0.2, 0) is 25.7 Å². The maximum absolute atomic E-state index is 11.6. The van der Waals surface area contributed by atoms with Crippen molar-refractivity contribution >= 4 is 37.1 Å². The van der Waals surface area contributed by atoms with Gasteiger partial charge in [0, 0.05) is 17.8 Å². The van der Waals surface area contributed by atoms with E-state index in [1.54, 1.807) is 24.3 Å². The SMILES string of the molecule is CS(=O)(=O)CCS(=O)(=O)Nc1cccc(CCl)c1. The van der Waals surface area contributed by atoms with Crippen molar-refractivity contribution in [3.8, 4) is 0 Å². The van der Waals surface area contributed by atoms with Gasteiger partial charge in [0.2, 0.25) is 10.0 Å². The number of hydrogen-bond donors (Lipinski definition) is 1. The molecule has 18 heavy (non-hydrogen) atoms. The summed E-state index contributed by atoms with van der Waals surface area (Å²) in [5, 5.41) is 0. The van der Waals surface area contributed by atoms with Crippen LogP contribution in [0.5, 0.6) is 0 Å². The maximum Gasteiger partial charge on any atom is 0.233 e. The number of benzene rings is 1. The molecule has 1 rings (SSSR count). The zero-order valence-electron chi connectivity index (χ0n) is 9.76. The Morgan fingerprint density at radius 1 is 1.17 bits per heavy atom. The van der Waals surface area contributed by atoms with Crippen LogP contribution in [0.4, 0.5) is 5.69 Å². The van der Waals surface area contributed by atoms with Crippen LogP contribution < -0.4 is 4.72 Å². The maximum atomic E-state index is 11.6. The normalized spacial score (nSPS) is 12.3. The van der Waals surface area contributed by atoms with Gasteiger partial charge in [-0.1, -0.05) is 12.1 Å². The highest BCUT2D eigenvalue weighted by atomic mass is 35.5. The Hall–Kier alpha value is -0.790. The summed E-state index contributed by atoms with van der Waals surface area (Å²) in [5.41, 5.74) is 1.15. The van der Waals surface area contributed by atoms with Crippen molar-refractivity contribution in [2.24, 2.45) is 0 Å². The lowest BCUT2D eigenvalue weighted by molar-refractivity contribution is 0.593. The van der Waals surface area contributed by atoms with Crippen LogP contribution in [-0.4, -0.2) is 34.6 Å². The van der Waals surface area contributed by atoms with Crippen molar-refractivity contribution in [2.75, 3.05) is 22.5 Å². The summed E-state index contributed by atoms with van der Waals surface area (Å²) in [6, 6.07) is 6.62. The van der Waals surface area contributed by atoms with Crippen LogP contribution in [0.15, 0.2) is 24.3 Å². The molecule has 0 aromatic heterocycles. The Morgan fingerprint density at radius 2 is 1.83 bits per heavy atom. The summed E-state index contributed by atoms with van der Waals surface area (Å²) < 4.78 is 47.4. The van der Waals surface area contributed by atoms with Crippen LogP contribution in [0.25, 0.3) is 0 Å². The zero-order chi connectivity index (χ0) is 13.8. The van der Waals surface area contributed by atoms with Crippen molar-refractivity contribution < 1.29 is 16.8 Å². The van der Waals surface area contributed by atoms with Gasteiger partial charge in [-0.15, -0.1) is 11.6 Å². The summed E-state index contributed by atoms with van der Waals surface area (Å²) in [6.45, 7) is 0. The van der Waals surface area contributed by atoms with E-state index in [2.05, 4.69) is 4.72 Å². The molecule has 0 amide bonds. The van der Waals surface area contributed by atoms with Crippen LogP contribution in [0.1, 0.15) is 5.56 Å². The predicted molar refractivity (Wildman–Crippen MR) is 73.1 cm³/mol. The molecule has 0 aliphatic heterocycles. The third kappa shape index (κ3) is 5.70. The number of sulfonamides is 1. The third-order valence-electron chi connectivity index (χ3n) is 2.08. The van der Waals surface area contributed by atoms with E-state index in [-0.39, 0.29) is 5.88 Å². The van der Waals surface area contributed by atoms with E-state index in [1.165, 1.54) is 0 Å². The molecule has 102 valence electrons. The average molecular weight is 312 g/mol. The molecule has 0 saturated heterocycles. The number of halogens is 1. The first kappa shape index (κ1) is 15.3. The van der Waals surface area contributed by atoms with Gasteiger partial charge < -0.3 is 0 Å². The molecule has 1 N–H and O–H groups in total. The average Bonchev–Trinajstić information content (AvgIpc) is 2.25. The number of anilines is 1. The van der Waals surface area contributed by atoms with E-state index in [1.807, 2.05) is 0 Å². The van der Waals surface area contributed by atoms with Crippen LogP contribution in [0, 0.1) is 0 Å². The van der Waals surface area contributed by atoms with Crippen LogP contribution >= 0.6 is 11.6 Å². The van der Waals surface area contributed by atoms with E-state index in [0.717, 1.165) is 11.8 Å². The summed E-state index contributed by atoms with van der Waals surface area (Å²) in [4.78, 5) is 0. The molecule has 0 fully saturated rings. The van der Waals surface area contributed by atoms with Crippen molar-refractivity contribution in [3.05, 3.63) is 29.8 Å². The summed E-state index contributed by atoms with van der Waals surface area (Å²) in [6.07, 6.45) is 0.997. The minimum Gasteiger partial charge on any atom is -0.284 e. The number of rotatable bonds is 6. The molecule has 1 aromatic rings. The molecule has 0 bridgehead atoms. The quantitative estimate of drug-likeness (QED) is 0.801. The largest absolute Gasteiger partial charge is 0.284 e. The van der Waals surface area contributed by atoms with E-state index in [4.69, 9.17) is 11.6 Å². The summed E-state index contributed by atoms with van der Waals surface area (Å²) in [7, 11) is -6.97. The highest BCUT2D eigenvalue weighted by molar-refractivity contribution is 7.95. The molecule has 0 unspecified atom stereocenters. The molecule has 8 heteroatoms. The first-order valence-corrected chi connectivity index (χ1v) is 9.30. The van der Waals surface area contributed by atoms with E-state index < -0.39 is 31.4 Å². The van der Waals surface area contributed by atoms with Crippen molar-refractivity contribution in [3.63, 3.8) is 0 Å². The van der Waals surface area contributed by atoms with Crippen LogP contribution in [0.2, 0.25) is 0 Å². The minimum atomic E-state index is -3.67. The molecule has 0 atom stereocenters. The number of sulfone groups is 1. The topological polar surface area (TPSA) is 80.3 Å². The Bertz CT molecular complexity index is 611. The number of nitrogens with one attached hydrogen (secondary N) is 1. The third-order valence-corrected chi connectivity index (χ3v) is 4.88. The summed E-state index contributed by atoms with van der Waals surface area (Å²) in [5.74, 6) is -0.590. The lowest BCUT2D eigenvalue weighted by Crippen LogP contribution is -2.22. The molecule has 0 aliphatic rings. The lowest BCUT2D eigenvalue weighted by atomic mass is 10.2. The van der Waals surface area contributed by atoms with Crippen LogP contribution in [0.3, 0.4) is 0 Å². The molecule has 0 spiro atoms. The van der Waals surface area contributed by atoms with E-state index >= 15 is 0 Å². The van der Waals surface area contributed by atoms with Gasteiger partial charge in [-0.25, -0.2) is 16.8 Å². The second-order valence-electron chi connectivity index (χ2n) is 3.88. The van der Waals surface area contributed by atoms with Crippen molar-refractivity contribution in [2.45, 2.75) is 5.88 Å². The first-order chi connectivity index (χ1) is 8.22. The van der Waals surface area contributed by atoms with E-state index in [9.17, 15) is 16.8 Å². The Balaban J connectivity index is 2.76. The predicted octanol–water partition coefficient (Wildman–Crippen LogP) is 1.21. The molecular formula is C10H14ClNO4S2. The van der Waals surface area contributed by atoms with Gasteiger partial charge >= 0.3 is 0 Å². The monoisotopic (exact) mass is 311 g/mol. The van der Waals surface area contributed by atoms with Gasteiger partial charge in [0.05, 0.1) is 11.5 Å². The van der Waals surface area contributed by atoms with Crippen molar-refractivity contribution in [1.82, 2.24) is 0 Å². The highest BCUT2D eigenvalue weighted by Gasteiger charge is 2.14. The van der Waals surface area contributed by atoms with E-state index in [0.29, 0.717) is 5.69 Å². The standard InChI is InChI=1S/C10H14ClNO4S2/c1-17(13,14)5-6-18(15,16)12-10-4-2-3-9(7-10)8-11/h2-4,7,12H,5-6,8H2,1H3. The van der Waals surface area contributed by atoms with Gasteiger partial charge in [-0.3, -0.25) is 4.72 Å². The second-order valence-corrected chi connectivity index (χ2v) is 8.25. The fraction of sp³-hybridized carbons (Fsp3) is 0.400. The fourth-order valence-corrected chi connectivity index (χ4v) is 4.05. The van der Waals surface area contributed by atoms with Gasteiger partial charge in [-0.05, 0) is 17.7 Å². The van der Waals surface area contributed by atoms with Crippen molar-refractivity contribution in [1.29, 1.82) is 0 Å². The Kier molecular flexibility index (Phi) is 5.01. The smallest absolute Gasteiger partial charge is 0.233 e. The molecule has 0 heterocycles. The summed E-state index contributed by atoms with van der Waals surface area (Å²) >= 11 is 5.63. The molecule has 0 saturated carbocycles. The Labute approximate surface area is 112 Å². The second kappa shape index (κ2) is 5.90. The zero-order valence-corrected chi connectivity index (χ0v) is 12.1. The first-order valence-electron chi connectivity index (χ1n) is 5.05. The number of hydrogen-bond acceptors (Lipinski definition) is 4. The molecule has 0 aliphatic carbocycles. The van der Waals surface area contributed by atoms with Gasteiger partial charge in [-0.2, -0.15) is 0 Å². The lowest BCUT2D eigenvalue weighted by Gasteiger charge is -2.08. The molecule has 1 aromatic carbocycles. The Morgan fingerprint density at radius 3 is 2.39 bits per heavy atom.